The van der Waals surface area contributed by atoms with Crippen molar-refractivity contribution in [3.8, 4) is 11.8 Å². The average molecular weight is 368 g/mol. The smallest absolute Gasteiger partial charge is 0.250 e. The molecule has 0 radical (unpaired) electrons. The molecular formula is C20H24N4O3. The summed E-state index contributed by atoms with van der Waals surface area (Å²) < 4.78 is 0. The van der Waals surface area contributed by atoms with Crippen LogP contribution in [-0.4, -0.2) is 46.7 Å². The number of carbonyl (C=O) groups excluding carboxylic acids is 3. The SMILES string of the molecule is CN1C[C@H](C(=O)NC2(C#Cc3cncc(C(N)=O)c3)CCCCC2)CC1=O. The number of amides is 3. The monoisotopic (exact) mass is 368 g/mol. The first-order valence-electron chi connectivity index (χ1n) is 9.23. The van der Waals surface area contributed by atoms with Gasteiger partial charge in [0.05, 0.1) is 11.5 Å². The van der Waals surface area contributed by atoms with Crippen LogP contribution in [-0.2, 0) is 9.59 Å². The molecule has 0 bridgehead atoms. The Bertz CT molecular complexity index is 818. The van der Waals surface area contributed by atoms with Crippen molar-refractivity contribution in [2.45, 2.75) is 44.1 Å². The summed E-state index contributed by atoms with van der Waals surface area (Å²) in [5, 5.41) is 3.12. The van der Waals surface area contributed by atoms with E-state index in [-0.39, 0.29) is 24.2 Å². The molecule has 2 fully saturated rings. The minimum absolute atomic E-state index is 0.00623. The minimum Gasteiger partial charge on any atom is -0.366 e. The van der Waals surface area contributed by atoms with Crippen molar-refractivity contribution in [3.63, 3.8) is 0 Å². The predicted molar refractivity (Wildman–Crippen MR) is 99.3 cm³/mol. The van der Waals surface area contributed by atoms with E-state index in [1.54, 1.807) is 24.2 Å². The lowest BCUT2D eigenvalue weighted by atomic mass is 9.81. The number of likely N-dealkylation sites (tertiary alicyclic amines) is 1. The molecule has 7 heteroatoms. The summed E-state index contributed by atoms with van der Waals surface area (Å²) in [6, 6.07) is 1.60. The van der Waals surface area contributed by atoms with Crippen LogP contribution >= 0.6 is 0 Å². The van der Waals surface area contributed by atoms with Crippen molar-refractivity contribution < 1.29 is 14.4 Å². The molecule has 1 aliphatic carbocycles. The number of nitrogens with two attached hydrogens (primary N) is 1. The third kappa shape index (κ3) is 4.45. The molecule has 2 aliphatic rings. The van der Waals surface area contributed by atoms with Gasteiger partial charge in [-0.25, -0.2) is 0 Å². The van der Waals surface area contributed by atoms with Crippen molar-refractivity contribution in [2.75, 3.05) is 13.6 Å². The van der Waals surface area contributed by atoms with Gasteiger partial charge in [0.15, 0.2) is 0 Å². The molecule has 2 heterocycles. The zero-order valence-corrected chi connectivity index (χ0v) is 15.5. The fraction of sp³-hybridized carbons (Fsp3) is 0.500. The normalized spacial score (nSPS) is 21.3. The van der Waals surface area contributed by atoms with E-state index in [1.807, 2.05) is 0 Å². The predicted octanol–water partition coefficient (Wildman–Crippen LogP) is 0.829. The van der Waals surface area contributed by atoms with Crippen molar-refractivity contribution in [2.24, 2.45) is 11.7 Å². The number of nitrogens with zero attached hydrogens (tertiary/aromatic N) is 2. The molecule has 1 saturated heterocycles. The lowest BCUT2D eigenvalue weighted by Crippen LogP contribution is -2.51. The van der Waals surface area contributed by atoms with Crippen molar-refractivity contribution in [1.82, 2.24) is 15.2 Å². The van der Waals surface area contributed by atoms with Gasteiger partial charge in [-0.3, -0.25) is 19.4 Å². The van der Waals surface area contributed by atoms with E-state index in [1.165, 1.54) is 6.20 Å². The summed E-state index contributed by atoms with van der Waals surface area (Å²) in [6.07, 6.45) is 7.84. The summed E-state index contributed by atoms with van der Waals surface area (Å²) in [5.74, 6) is 5.27. The van der Waals surface area contributed by atoms with E-state index >= 15 is 0 Å². The second-order valence-electron chi connectivity index (χ2n) is 7.38. The molecule has 0 aromatic carbocycles. The first kappa shape index (κ1) is 18.9. The Morgan fingerprint density at radius 1 is 1.30 bits per heavy atom. The van der Waals surface area contributed by atoms with Crippen LogP contribution in [0.5, 0.6) is 0 Å². The van der Waals surface area contributed by atoms with Crippen LogP contribution in [0.2, 0.25) is 0 Å². The Balaban J connectivity index is 1.80. The van der Waals surface area contributed by atoms with Crippen molar-refractivity contribution in [3.05, 3.63) is 29.6 Å². The standard InChI is InChI=1S/C20H24N4O3/c1-24-13-16(10-17(24)25)19(27)23-20(6-3-2-4-7-20)8-5-14-9-15(18(21)26)12-22-11-14/h9,11-12,16H,2-4,6-7,10,13H2,1H3,(H2,21,26)(H,23,27)/t16-/m1/s1. The van der Waals surface area contributed by atoms with Gasteiger partial charge in [0.25, 0.3) is 0 Å². The topological polar surface area (TPSA) is 105 Å². The highest BCUT2D eigenvalue weighted by atomic mass is 16.2. The molecule has 27 heavy (non-hydrogen) atoms. The minimum atomic E-state index is -0.609. The Morgan fingerprint density at radius 2 is 2.04 bits per heavy atom. The maximum Gasteiger partial charge on any atom is 0.250 e. The molecule has 7 nitrogen and oxygen atoms in total. The second kappa shape index (κ2) is 7.78. The lowest BCUT2D eigenvalue weighted by Gasteiger charge is -2.34. The first-order chi connectivity index (χ1) is 12.9. The highest BCUT2D eigenvalue weighted by Gasteiger charge is 2.37. The Hall–Kier alpha value is -2.88. The Kier molecular flexibility index (Phi) is 5.45. The molecule has 1 aliphatic heterocycles. The van der Waals surface area contributed by atoms with Gasteiger partial charge in [0.2, 0.25) is 17.7 Å². The Morgan fingerprint density at radius 3 is 2.67 bits per heavy atom. The second-order valence-corrected chi connectivity index (χ2v) is 7.38. The quantitative estimate of drug-likeness (QED) is 0.771. The number of carbonyl (C=O) groups is 3. The summed E-state index contributed by atoms with van der Waals surface area (Å²) in [5.41, 5.74) is 5.57. The summed E-state index contributed by atoms with van der Waals surface area (Å²) >= 11 is 0. The van der Waals surface area contributed by atoms with E-state index < -0.39 is 11.4 Å². The molecule has 1 atom stereocenters. The molecule has 142 valence electrons. The maximum absolute atomic E-state index is 12.7. The zero-order valence-electron chi connectivity index (χ0n) is 15.5. The van der Waals surface area contributed by atoms with Gasteiger partial charge in [0, 0.05) is 38.0 Å². The van der Waals surface area contributed by atoms with Crippen molar-refractivity contribution in [1.29, 1.82) is 0 Å². The molecule has 1 aromatic heterocycles. The van der Waals surface area contributed by atoms with Gasteiger partial charge in [-0.2, -0.15) is 0 Å². The third-order valence-electron chi connectivity index (χ3n) is 5.25. The fourth-order valence-electron chi connectivity index (χ4n) is 3.65. The number of pyridine rings is 1. The third-order valence-corrected chi connectivity index (χ3v) is 5.25. The van der Waals surface area contributed by atoms with E-state index in [0.29, 0.717) is 17.7 Å². The van der Waals surface area contributed by atoms with Crippen LogP contribution in [0.1, 0.15) is 54.4 Å². The molecule has 1 aromatic rings. The average Bonchev–Trinajstić information content (AvgIpc) is 3.00. The largest absolute Gasteiger partial charge is 0.366 e. The van der Waals surface area contributed by atoms with E-state index in [0.717, 1.165) is 32.1 Å². The van der Waals surface area contributed by atoms with Gasteiger partial charge in [-0.05, 0) is 18.9 Å². The molecule has 3 N–H and O–H groups in total. The molecule has 3 rings (SSSR count). The van der Waals surface area contributed by atoms with E-state index in [2.05, 4.69) is 22.1 Å². The van der Waals surface area contributed by atoms with E-state index in [9.17, 15) is 14.4 Å². The maximum atomic E-state index is 12.7. The number of primary amides is 1. The van der Waals surface area contributed by atoms with Crippen molar-refractivity contribution >= 4 is 17.7 Å². The van der Waals surface area contributed by atoms with Gasteiger partial charge in [0.1, 0.15) is 5.54 Å². The molecule has 0 unspecified atom stereocenters. The molecule has 3 amide bonds. The Labute approximate surface area is 158 Å². The highest BCUT2D eigenvalue weighted by Crippen LogP contribution is 2.29. The van der Waals surface area contributed by atoms with Gasteiger partial charge in [-0.1, -0.05) is 31.1 Å². The lowest BCUT2D eigenvalue weighted by molar-refractivity contribution is -0.129. The van der Waals surface area contributed by atoms with Crippen LogP contribution in [0.25, 0.3) is 0 Å². The molecular weight excluding hydrogens is 344 g/mol. The van der Waals surface area contributed by atoms with Crippen LogP contribution in [0.15, 0.2) is 18.5 Å². The van der Waals surface area contributed by atoms with E-state index in [4.69, 9.17) is 5.73 Å². The molecule has 0 spiro atoms. The van der Waals surface area contributed by atoms with Gasteiger partial charge >= 0.3 is 0 Å². The number of rotatable bonds is 3. The van der Waals surface area contributed by atoms with Gasteiger partial charge < -0.3 is 16.0 Å². The highest BCUT2D eigenvalue weighted by molar-refractivity contribution is 5.92. The van der Waals surface area contributed by atoms with Gasteiger partial charge in [-0.15, -0.1) is 0 Å². The number of nitrogens with one attached hydrogen (secondary N) is 1. The fourth-order valence-corrected chi connectivity index (χ4v) is 3.65. The number of hydrogen-bond donors (Lipinski definition) is 2. The molecule has 1 saturated carbocycles. The number of aromatic nitrogens is 1. The van der Waals surface area contributed by atoms with Crippen LogP contribution in [0.3, 0.4) is 0 Å². The first-order valence-corrected chi connectivity index (χ1v) is 9.23. The van der Waals surface area contributed by atoms with Crippen LogP contribution in [0.4, 0.5) is 0 Å². The summed E-state index contributed by atoms with van der Waals surface area (Å²) in [6.45, 7) is 0.443. The zero-order chi connectivity index (χ0) is 19.4. The number of hydrogen-bond acceptors (Lipinski definition) is 4. The van der Waals surface area contributed by atoms with Crippen LogP contribution < -0.4 is 11.1 Å². The summed E-state index contributed by atoms with van der Waals surface area (Å²) in [7, 11) is 1.71. The van der Waals surface area contributed by atoms with Crippen LogP contribution in [0, 0.1) is 17.8 Å². The summed E-state index contributed by atoms with van der Waals surface area (Å²) in [4.78, 5) is 41.4.